The molecular weight excluding hydrogens is 210 g/mol. The number of amides is 1. The first kappa shape index (κ1) is 13.0. The molecule has 1 heterocycles. The molecule has 1 rings (SSSR count). The van der Waals surface area contributed by atoms with E-state index in [0.717, 1.165) is 0 Å². The molecular formula is C11H19NO4. The summed E-state index contributed by atoms with van der Waals surface area (Å²) >= 11 is 0. The summed E-state index contributed by atoms with van der Waals surface area (Å²) < 4.78 is 9.58. The molecule has 16 heavy (non-hydrogen) atoms. The van der Waals surface area contributed by atoms with E-state index in [0.29, 0.717) is 6.54 Å². The summed E-state index contributed by atoms with van der Waals surface area (Å²) in [4.78, 5) is 23.4. The number of nitrogens with one attached hydrogen (secondary N) is 1. The fraction of sp³-hybridized carbons (Fsp3) is 0.818. The number of carbonyl (C=O) groups is 2. The van der Waals surface area contributed by atoms with E-state index in [1.54, 1.807) is 0 Å². The Morgan fingerprint density at radius 1 is 1.38 bits per heavy atom. The van der Waals surface area contributed by atoms with Crippen molar-refractivity contribution in [2.45, 2.75) is 20.8 Å². The second-order valence-corrected chi connectivity index (χ2v) is 5.31. The van der Waals surface area contributed by atoms with E-state index in [1.807, 2.05) is 20.8 Å². The van der Waals surface area contributed by atoms with Gasteiger partial charge in [0, 0.05) is 6.54 Å². The van der Waals surface area contributed by atoms with Gasteiger partial charge in [0.2, 0.25) is 5.91 Å². The van der Waals surface area contributed by atoms with Gasteiger partial charge in [0.25, 0.3) is 0 Å². The van der Waals surface area contributed by atoms with Crippen LogP contribution in [0.1, 0.15) is 20.8 Å². The minimum Gasteiger partial charge on any atom is -0.468 e. The molecule has 0 aromatic heterocycles. The highest BCUT2D eigenvalue weighted by Gasteiger charge is 2.54. The predicted octanol–water partition coefficient (Wildman–Crippen LogP) is 0.338. The van der Waals surface area contributed by atoms with Gasteiger partial charge >= 0.3 is 5.97 Å². The van der Waals surface area contributed by atoms with E-state index < -0.39 is 11.4 Å². The third kappa shape index (κ3) is 2.52. The fourth-order valence-corrected chi connectivity index (χ4v) is 1.36. The lowest BCUT2D eigenvalue weighted by Crippen LogP contribution is -2.60. The van der Waals surface area contributed by atoms with E-state index in [9.17, 15) is 9.59 Å². The molecule has 1 aliphatic rings. The Hall–Kier alpha value is -1.10. The van der Waals surface area contributed by atoms with Crippen LogP contribution in [0, 0.1) is 10.8 Å². The Kier molecular flexibility index (Phi) is 3.57. The number of methoxy groups -OCH3 is 1. The zero-order valence-corrected chi connectivity index (χ0v) is 10.3. The maximum Gasteiger partial charge on any atom is 0.326 e. The first-order valence-electron chi connectivity index (χ1n) is 5.26. The molecule has 0 spiro atoms. The number of hydrogen-bond acceptors (Lipinski definition) is 4. The third-order valence-electron chi connectivity index (χ3n) is 2.49. The number of rotatable bonds is 3. The van der Waals surface area contributed by atoms with Crippen LogP contribution in [0.5, 0.6) is 0 Å². The fourth-order valence-electron chi connectivity index (χ4n) is 1.36. The van der Waals surface area contributed by atoms with Crippen molar-refractivity contribution in [1.29, 1.82) is 0 Å². The molecule has 0 unspecified atom stereocenters. The van der Waals surface area contributed by atoms with Gasteiger partial charge in [-0.1, -0.05) is 20.8 Å². The Balaban J connectivity index is 2.61. The van der Waals surface area contributed by atoms with Gasteiger partial charge in [0.05, 0.1) is 20.3 Å². The van der Waals surface area contributed by atoms with E-state index in [1.165, 1.54) is 7.11 Å². The van der Waals surface area contributed by atoms with Gasteiger partial charge in [-0.25, -0.2) is 0 Å². The number of carbonyl (C=O) groups excluding carboxylic acids is 2. The number of hydrogen-bond donors (Lipinski definition) is 1. The molecule has 1 aliphatic heterocycles. The molecule has 0 bridgehead atoms. The normalized spacial score (nSPS) is 18.5. The molecule has 92 valence electrons. The molecule has 0 aromatic carbocycles. The highest BCUT2D eigenvalue weighted by molar-refractivity contribution is 6.03. The summed E-state index contributed by atoms with van der Waals surface area (Å²) in [6, 6.07) is 0. The summed E-state index contributed by atoms with van der Waals surface area (Å²) in [5.74, 6) is -0.828. The van der Waals surface area contributed by atoms with Gasteiger partial charge in [-0.05, 0) is 5.41 Å². The van der Waals surface area contributed by atoms with Crippen LogP contribution < -0.4 is 5.32 Å². The van der Waals surface area contributed by atoms with Crippen molar-refractivity contribution in [2.24, 2.45) is 10.8 Å². The molecule has 5 heteroatoms. The van der Waals surface area contributed by atoms with Crippen LogP contribution in [0.3, 0.4) is 0 Å². The van der Waals surface area contributed by atoms with Crippen molar-refractivity contribution < 1.29 is 19.1 Å². The van der Waals surface area contributed by atoms with Crippen LogP contribution in [0.25, 0.3) is 0 Å². The van der Waals surface area contributed by atoms with Gasteiger partial charge in [-0.15, -0.1) is 0 Å². The molecule has 0 saturated carbocycles. The Morgan fingerprint density at radius 3 is 2.25 bits per heavy atom. The van der Waals surface area contributed by atoms with Crippen molar-refractivity contribution >= 4 is 11.9 Å². The van der Waals surface area contributed by atoms with Crippen LogP contribution in [-0.2, 0) is 19.1 Å². The smallest absolute Gasteiger partial charge is 0.326 e. The molecule has 0 atom stereocenters. The second kappa shape index (κ2) is 4.41. The van der Waals surface area contributed by atoms with Gasteiger partial charge < -0.3 is 14.8 Å². The molecule has 5 nitrogen and oxygen atoms in total. The Labute approximate surface area is 95.5 Å². The topological polar surface area (TPSA) is 64.6 Å². The number of ether oxygens (including phenoxy) is 2. The lowest BCUT2D eigenvalue weighted by Gasteiger charge is -2.37. The maximum atomic E-state index is 11.9. The average molecular weight is 229 g/mol. The van der Waals surface area contributed by atoms with Crippen molar-refractivity contribution in [3.05, 3.63) is 0 Å². The zero-order valence-electron chi connectivity index (χ0n) is 10.3. The zero-order chi connectivity index (χ0) is 12.4. The quantitative estimate of drug-likeness (QED) is 0.560. The second-order valence-electron chi connectivity index (χ2n) is 5.31. The summed E-state index contributed by atoms with van der Waals surface area (Å²) in [5, 5.41) is 2.76. The molecule has 1 amide bonds. The van der Waals surface area contributed by atoms with Crippen molar-refractivity contribution in [3.63, 3.8) is 0 Å². The third-order valence-corrected chi connectivity index (χ3v) is 2.49. The summed E-state index contributed by atoms with van der Waals surface area (Å²) in [7, 11) is 1.28. The average Bonchev–Trinajstić information content (AvgIpc) is 2.11. The summed E-state index contributed by atoms with van der Waals surface area (Å²) in [5.41, 5.74) is -1.14. The molecule has 1 saturated heterocycles. The number of esters is 1. The van der Waals surface area contributed by atoms with Crippen molar-refractivity contribution in [2.75, 3.05) is 26.9 Å². The molecule has 0 aromatic rings. The Morgan fingerprint density at radius 2 is 1.94 bits per heavy atom. The first-order valence-corrected chi connectivity index (χ1v) is 5.26. The van der Waals surface area contributed by atoms with Crippen LogP contribution in [-0.4, -0.2) is 38.7 Å². The van der Waals surface area contributed by atoms with E-state index in [-0.39, 0.29) is 24.5 Å². The van der Waals surface area contributed by atoms with E-state index in [2.05, 4.69) is 10.1 Å². The summed E-state index contributed by atoms with van der Waals surface area (Å²) in [6.45, 7) is 6.76. The highest BCUT2D eigenvalue weighted by atomic mass is 16.5. The lowest BCUT2D eigenvalue weighted by atomic mass is 9.84. The van der Waals surface area contributed by atoms with Gasteiger partial charge in [0.15, 0.2) is 5.41 Å². The van der Waals surface area contributed by atoms with Gasteiger partial charge in [-0.2, -0.15) is 0 Å². The lowest BCUT2D eigenvalue weighted by molar-refractivity contribution is -0.188. The van der Waals surface area contributed by atoms with Gasteiger partial charge in [-0.3, -0.25) is 9.59 Å². The molecule has 0 aliphatic carbocycles. The minimum absolute atomic E-state index is 0.0163. The molecule has 1 N–H and O–H groups in total. The SMILES string of the molecule is COC(=O)C1(C(=O)NCC(C)(C)C)COC1. The standard InChI is InChI=1S/C11H19NO4/c1-10(2,3)5-12-8(13)11(6-16-7-11)9(14)15-4/h5-7H2,1-4H3,(H,12,13). The Bertz CT molecular complexity index is 289. The first-order chi connectivity index (χ1) is 7.32. The van der Waals surface area contributed by atoms with Crippen LogP contribution in [0.4, 0.5) is 0 Å². The van der Waals surface area contributed by atoms with E-state index in [4.69, 9.17) is 4.74 Å². The predicted molar refractivity (Wildman–Crippen MR) is 57.7 cm³/mol. The highest BCUT2D eigenvalue weighted by Crippen LogP contribution is 2.29. The van der Waals surface area contributed by atoms with Gasteiger partial charge in [0.1, 0.15) is 0 Å². The minimum atomic E-state index is -1.12. The van der Waals surface area contributed by atoms with Crippen LogP contribution in [0.15, 0.2) is 0 Å². The monoisotopic (exact) mass is 229 g/mol. The molecule has 0 radical (unpaired) electrons. The van der Waals surface area contributed by atoms with Crippen LogP contribution in [0.2, 0.25) is 0 Å². The van der Waals surface area contributed by atoms with Crippen molar-refractivity contribution in [3.8, 4) is 0 Å². The van der Waals surface area contributed by atoms with Crippen molar-refractivity contribution in [1.82, 2.24) is 5.32 Å². The van der Waals surface area contributed by atoms with Crippen LogP contribution >= 0.6 is 0 Å². The van der Waals surface area contributed by atoms with E-state index >= 15 is 0 Å². The molecule has 1 fully saturated rings. The summed E-state index contributed by atoms with van der Waals surface area (Å²) in [6.07, 6.45) is 0. The largest absolute Gasteiger partial charge is 0.468 e. The maximum absolute atomic E-state index is 11.9.